The van der Waals surface area contributed by atoms with E-state index in [0.717, 1.165) is 43.3 Å². The van der Waals surface area contributed by atoms with E-state index in [1.807, 2.05) is 54.9 Å². The van der Waals surface area contributed by atoms with Crippen LogP contribution < -0.4 is 5.32 Å². The summed E-state index contributed by atoms with van der Waals surface area (Å²) in [5.41, 5.74) is 3.30. The third-order valence-corrected chi connectivity index (χ3v) is 3.75. The number of pyridine rings is 2. The molecular formula is C20H22N4. The van der Waals surface area contributed by atoms with Crippen LogP contribution in [0.15, 0.2) is 79.1 Å². The number of anilines is 1. The Labute approximate surface area is 143 Å². The van der Waals surface area contributed by atoms with Crippen molar-refractivity contribution >= 4 is 5.69 Å². The Hall–Kier alpha value is -2.72. The standard InChI is InChI=1S/C20H22N4/c1-2-8-18(9-3-1)23-14-15-24(16-19-10-4-6-12-21-19)17-20-11-5-7-13-22-20/h1-13,23H,14-17H2. The molecule has 0 bridgehead atoms. The first-order valence-corrected chi connectivity index (χ1v) is 8.21. The average Bonchev–Trinajstić information content (AvgIpc) is 2.64. The van der Waals surface area contributed by atoms with Crippen molar-refractivity contribution in [3.8, 4) is 0 Å². The summed E-state index contributed by atoms with van der Waals surface area (Å²) in [5.74, 6) is 0. The van der Waals surface area contributed by atoms with Gasteiger partial charge in [0.25, 0.3) is 0 Å². The van der Waals surface area contributed by atoms with Crippen molar-refractivity contribution in [3.05, 3.63) is 90.5 Å². The maximum Gasteiger partial charge on any atom is 0.0544 e. The van der Waals surface area contributed by atoms with E-state index in [2.05, 4.69) is 44.5 Å². The Bertz CT molecular complexity index is 660. The summed E-state index contributed by atoms with van der Waals surface area (Å²) in [5, 5.41) is 3.46. The third-order valence-electron chi connectivity index (χ3n) is 3.75. The van der Waals surface area contributed by atoms with Gasteiger partial charge < -0.3 is 5.32 Å². The highest BCUT2D eigenvalue weighted by atomic mass is 15.1. The van der Waals surface area contributed by atoms with Gasteiger partial charge >= 0.3 is 0 Å². The van der Waals surface area contributed by atoms with E-state index < -0.39 is 0 Å². The van der Waals surface area contributed by atoms with Crippen LogP contribution in [-0.2, 0) is 13.1 Å². The normalized spacial score (nSPS) is 10.7. The molecule has 0 aliphatic rings. The van der Waals surface area contributed by atoms with Crippen LogP contribution >= 0.6 is 0 Å². The molecule has 0 aliphatic carbocycles. The summed E-state index contributed by atoms with van der Waals surface area (Å²) < 4.78 is 0. The van der Waals surface area contributed by atoms with Crippen LogP contribution in [-0.4, -0.2) is 28.0 Å². The van der Waals surface area contributed by atoms with Crippen LogP contribution in [0.5, 0.6) is 0 Å². The summed E-state index contributed by atoms with van der Waals surface area (Å²) in [4.78, 5) is 11.2. The zero-order valence-corrected chi connectivity index (χ0v) is 13.7. The van der Waals surface area contributed by atoms with Gasteiger partial charge in [0.1, 0.15) is 0 Å². The monoisotopic (exact) mass is 318 g/mol. The van der Waals surface area contributed by atoms with Gasteiger partial charge in [-0.05, 0) is 36.4 Å². The molecule has 0 fully saturated rings. The molecule has 0 radical (unpaired) electrons. The van der Waals surface area contributed by atoms with E-state index in [0.29, 0.717) is 0 Å². The van der Waals surface area contributed by atoms with Gasteiger partial charge in [0.05, 0.1) is 11.4 Å². The minimum atomic E-state index is 0.813. The first kappa shape index (κ1) is 16.1. The Morgan fingerprint density at radius 2 is 1.29 bits per heavy atom. The van der Waals surface area contributed by atoms with Gasteiger partial charge in [0, 0.05) is 44.3 Å². The van der Waals surface area contributed by atoms with Gasteiger partial charge in [-0.1, -0.05) is 30.3 Å². The summed E-state index contributed by atoms with van der Waals surface area (Å²) in [6.45, 7) is 3.42. The lowest BCUT2D eigenvalue weighted by molar-refractivity contribution is 0.261. The fraction of sp³-hybridized carbons (Fsp3) is 0.200. The Balaban J connectivity index is 1.60. The predicted molar refractivity (Wildman–Crippen MR) is 97.5 cm³/mol. The lowest BCUT2D eigenvalue weighted by atomic mass is 10.2. The zero-order valence-electron chi connectivity index (χ0n) is 13.7. The maximum absolute atomic E-state index is 4.44. The molecule has 1 N–H and O–H groups in total. The molecule has 24 heavy (non-hydrogen) atoms. The molecule has 3 aromatic rings. The van der Waals surface area contributed by atoms with E-state index in [1.165, 1.54) is 0 Å². The molecule has 0 aliphatic heterocycles. The highest BCUT2D eigenvalue weighted by Gasteiger charge is 2.08. The van der Waals surface area contributed by atoms with Crippen LogP contribution in [0.25, 0.3) is 0 Å². The van der Waals surface area contributed by atoms with E-state index in [9.17, 15) is 0 Å². The van der Waals surface area contributed by atoms with Crippen LogP contribution in [0.1, 0.15) is 11.4 Å². The first-order valence-electron chi connectivity index (χ1n) is 8.21. The Morgan fingerprint density at radius 1 is 0.708 bits per heavy atom. The number of nitrogens with zero attached hydrogens (tertiary/aromatic N) is 3. The molecule has 2 heterocycles. The second kappa shape index (κ2) is 8.79. The number of rotatable bonds is 8. The van der Waals surface area contributed by atoms with Crippen molar-refractivity contribution < 1.29 is 0 Å². The molecule has 122 valence electrons. The van der Waals surface area contributed by atoms with Gasteiger partial charge in [-0.15, -0.1) is 0 Å². The van der Waals surface area contributed by atoms with Gasteiger partial charge in [0.15, 0.2) is 0 Å². The zero-order chi connectivity index (χ0) is 16.5. The lowest BCUT2D eigenvalue weighted by Gasteiger charge is -2.22. The van der Waals surface area contributed by atoms with E-state index in [4.69, 9.17) is 0 Å². The molecule has 0 unspecified atom stereocenters. The van der Waals surface area contributed by atoms with Crippen LogP contribution in [0.4, 0.5) is 5.69 Å². The highest BCUT2D eigenvalue weighted by molar-refractivity contribution is 5.42. The number of aromatic nitrogens is 2. The number of para-hydroxylation sites is 1. The fourth-order valence-corrected chi connectivity index (χ4v) is 2.57. The summed E-state index contributed by atoms with van der Waals surface area (Å²) >= 11 is 0. The fourth-order valence-electron chi connectivity index (χ4n) is 2.57. The SMILES string of the molecule is c1ccc(NCCN(Cc2ccccn2)Cc2ccccn2)cc1. The van der Waals surface area contributed by atoms with E-state index in [-0.39, 0.29) is 0 Å². The van der Waals surface area contributed by atoms with Crippen LogP contribution in [0.2, 0.25) is 0 Å². The largest absolute Gasteiger partial charge is 0.384 e. The Morgan fingerprint density at radius 3 is 1.83 bits per heavy atom. The molecule has 4 nitrogen and oxygen atoms in total. The van der Waals surface area contributed by atoms with Gasteiger partial charge in [-0.3, -0.25) is 14.9 Å². The number of benzene rings is 1. The summed E-state index contributed by atoms with van der Waals surface area (Å²) in [6, 6.07) is 22.4. The maximum atomic E-state index is 4.44. The van der Waals surface area contributed by atoms with Crippen LogP contribution in [0.3, 0.4) is 0 Å². The average molecular weight is 318 g/mol. The molecule has 4 heteroatoms. The second-order valence-electron chi connectivity index (χ2n) is 5.65. The van der Waals surface area contributed by atoms with Crippen molar-refractivity contribution in [3.63, 3.8) is 0 Å². The number of nitrogens with one attached hydrogen (secondary N) is 1. The summed E-state index contributed by atoms with van der Waals surface area (Å²) in [7, 11) is 0. The van der Waals surface area contributed by atoms with Gasteiger partial charge in [-0.25, -0.2) is 0 Å². The molecule has 2 aromatic heterocycles. The molecular weight excluding hydrogens is 296 g/mol. The van der Waals surface area contributed by atoms with Gasteiger partial charge in [0.2, 0.25) is 0 Å². The van der Waals surface area contributed by atoms with Crippen molar-refractivity contribution in [1.82, 2.24) is 14.9 Å². The highest BCUT2D eigenvalue weighted by Crippen LogP contribution is 2.08. The molecule has 0 saturated carbocycles. The van der Waals surface area contributed by atoms with Crippen molar-refractivity contribution in [1.29, 1.82) is 0 Å². The van der Waals surface area contributed by atoms with Crippen molar-refractivity contribution in [2.45, 2.75) is 13.1 Å². The minimum Gasteiger partial charge on any atom is -0.384 e. The van der Waals surface area contributed by atoms with Crippen molar-refractivity contribution in [2.24, 2.45) is 0 Å². The number of hydrogen-bond acceptors (Lipinski definition) is 4. The lowest BCUT2D eigenvalue weighted by Crippen LogP contribution is -2.29. The molecule has 0 spiro atoms. The topological polar surface area (TPSA) is 41.0 Å². The first-order chi connectivity index (χ1) is 11.9. The Kier molecular flexibility index (Phi) is 5.92. The van der Waals surface area contributed by atoms with E-state index >= 15 is 0 Å². The molecule has 0 atom stereocenters. The van der Waals surface area contributed by atoms with Crippen molar-refractivity contribution in [2.75, 3.05) is 18.4 Å². The summed E-state index contributed by atoms with van der Waals surface area (Å²) in [6.07, 6.45) is 3.69. The molecule has 3 rings (SSSR count). The van der Waals surface area contributed by atoms with E-state index in [1.54, 1.807) is 0 Å². The smallest absolute Gasteiger partial charge is 0.0544 e. The molecule has 0 amide bonds. The van der Waals surface area contributed by atoms with Crippen LogP contribution in [0, 0.1) is 0 Å². The second-order valence-corrected chi connectivity index (χ2v) is 5.65. The van der Waals surface area contributed by atoms with Gasteiger partial charge in [-0.2, -0.15) is 0 Å². The minimum absolute atomic E-state index is 0.813. The predicted octanol–water partition coefficient (Wildman–Crippen LogP) is 3.59. The quantitative estimate of drug-likeness (QED) is 0.689. The number of hydrogen-bond donors (Lipinski definition) is 1. The molecule has 1 aromatic carbocycles. The third kappa shape index (κ3) is 5.18. The molecule has 0 saturated heterocycles.